The van der Waals surface area contributed by atoms with E-state index in [9.17, 15) is 47.9 Å². The van der Waals surface area contributed by atoms with Gasteiger partial charge >= 0.3 is 174 Å². The Labute approximate surface area is 850 Å². The number of methoxy groups -OCH3 is 8. The van der Waals surface area contributed by atoms with E-state index < -0.39 is 47.1 Å². The molecule has 0 atom stereocenters. The molecule has 0 saturated carbocycles. The molecule has 0 spiro atoms. The molecule has 47 heteroatoms. The van der Waals surface area contributed by atoms with Crippen molar-refractivity contribution < 1.29 is 182 Å². The van der Waals surface area contributed by atoms with E-state index in [2.05, 4.69) is 203 Å². The molecule has 5 radical (unpaired) electrons. The number of hydrogen-bond donors (Lipinski definition) is 5. The van der Waals surface area contributed by atoms with Crippen molar-refractivity contribution in [1.82, 2.24) is 78.5 Å². The third-order valence-corrected chi connectivity index (χ3v) is 9.74. The molecular weight excluding hydrogens is 2390 g/mol. The molecule has 0 aliphatic carbocycles. The summed E-state index contributed by atoms with van der Waals surface area (Å²) in [5.41, 5.74) is -1.20. The van der Waals surface area contributed by atoms with Gasteiger partial charge in [0.25, 0.3) is 0 Å². The Balaban J connectivity index is -0.0000000383. The summed E-state index contributed by atoms with van der Waals surface area (Å²) in [6.45, 7) is 21.6. The topological polar surface area (TPSA) is 478 Å². The van der Waals surface area contributed by atoms with Crippen LogP contribution in [0, 0.1) is 35.0 Å². The van der Waals surface area contributed by atoms with Gasteiger partial charge < -0.3 is 96.7 Å². The number of nitrogens with one attached hydrogen (secondary N) is 3. The zero-order chi connectivity index (χ0) is 86.4. The van der Waals surface area contributed by atoms with Crippen molar-refractivity contribution >= 4 is 168 Å². The quantitative estimate of drug-likeness (QED) is 0.0279. The first kappa shape index (κ1) is 178. The normalized spacial score (nSPS) is 7.76. The van der Waals surface area contributed by atoms with Gasteiger partial charge in [0.05, 0.1) is 119 Å². The standard InChI is InChI=1S/C7H12O4.C6H10O4.2C5H10O2.3C4H6N2.4C4H8O2.3C3H4N2.2C3H3N2.9CH4.B.FH.5HI.2V.2Y.H2/c1-7(2,5(8)10-3)6(9)11-4;1-4(5(7)9-2)6(8)10-3;2*1-4(2)5(6)7-3;3*1-6-3-2-5-4-6;2*1-3-4(5)6-2;2*1-3(2)4(5)6;5*1-2-5-3-4-1;;;;;;;;;;;;;;;;;;;;;/h1-4H3;4H,1-3H3;2*4H,1-3H3;3*2-4H,1H3;2*3H2,1-2H3;2*3H,1-2H3,(H,5,6);3*1-3H,(H,4,5);2*1-3H;9*1H4;;6*1H;;;;;1H/q;;;;;;;;;;;;;;2*-1;;;;;;;;;;;;;;;;;+2;+3;;;/p-5/i;;;;;;;;;;;;;;;;;;;;;;;;;;;;;;;;;;;;1+1. The monoisotopic (exact) mass is 2540 g/mol. The van der Waals surface area contributed by atoms with Gasteiger partial charge in [-0.1, -0.05) is 174 Å². The van der Waals surface area contributed by atoms with Crippen molar-refractivity contribution in [3.63, 3.8) is 0 Å². The van der Waals surface area contributed by atoms with E-state index in [1.807, 2.05) is 53.4 Å². The van der Waals surface area contributed by atoms with Crippen LogP contribution in [0.5, 0.6) is 0 Å². The van der Waals surface area contributed by atoms with Gasteiger partial charge in [-0.25, -0.2) is 29.9 Å². The molecular formula is C75H149BFI5N16O20V2Y2-2. The fourth-order valence-corrected chi connectivity index (χ4v) is 3.81. The van der Waals surface area contributed by atoms with Crippen LogP contribution in [0.4, 0.5) is 4.70 Å². The maximum atomic E-state index is 10.9. The van der Waals surface area contributed by atoms with Crippen LogP contribution in [0.25, 0.3) is 0 Å². The van der Waals surface area contributed by atoms with Gasteiger partial charge in [-0.2, -0.15) is 0 Å². The molecule has 122 heavy (non-hydrogen) atoms. The fourth-order valence-electron chi connectivity index (χ4n) is 3.81. The van der Waals surface area contributed by atoms with Crippen LogP contribution in [0.15, 0.2) is 150 Å². The van der Waals surface area contributed by atoms with Gasteiger partial charge in [0.2, 0.25) is 0 Å². The Hall–Kier alpha value is -4.60. The SMILES string of the molecule is C.C.C.C.C.C.C.C.C.CC(C)C(=O)O.CC(C)C(=O)O.CCC(=O)OC.CCC(=O)OC.COC(=O)C(C)(C)C(=O)OC.COC(=O)C(C)C.COC(=O)C(C)C.COC(=O)C(C)C(=O)OC.Cn1ccnc1.Cn1ccnc1.Cn1ccnc1.F.[2HH].[B].[I][V]([I])[I].[I][V][I].[Y].[Y].c1c[n-]cn1.c1c[n-]cn1.c1c[nH]cn1.c1c[nH]cn1.c1c[nH]cn1. The molecule has 0 unspecified atom stereocenters. The average molecular weight is 2540 g/mol. The first-order valence-corrected chi connectivity index (χ1v) is 53.8. The van der Waals surface area contributed by atoms with E-state index in [1.54, 1.807) is 188 Å². The number of hydrogen-bond acceptors (Lipinski definition) is 26. The Bertz CT molecular complexity index is 2770. The van der Waals surface area contributed by atoms with Gasteiger partial charge in [-0.15, -0.1) is 0 Å². The first-order chi connectivity index (χ1) is 51.2. The molecule has 0 bridgehead atoms. The summed E-state index contributed by atoms with van der Waals surface area (Å²) in [4.78, 5) is 148. The molecule has 8 aromatic rings. The number of aromatic amines is 3. The third kappa shape index (κ3) is 159. The van der Waals surface area contributed by atoms with Crippen LogP contribution in [0.2, 0.25) is 0 Å². The number of carbonyl (C=O) groups is 10. The van der Waals surface area contributed by atoms with E-state index in [-0.39, 0.29) is 199 Å². The molecule has 8 heterocycles. The van der Waals surface area contributed by atoms with Crippen molar-refractivity contribution in [3.8, 4) is 0 Å². The second-order valence-corrected chi connectivity index (χ2v) is 67.4. The van der Waals surface area contributed by atoms with Gasteiger partial charge in [-0.05, 0) is 20.8 Å². The molecule has 0 saturated heterocycles. The summed E-state index contributed by atoms with van der Waals surface area (Å²) in [6, 6.07) is 0. The average Bonchev–Trinajstić information content (AvgIpc) is 1.86. The minimum Gasteiger partial charge on any atom is -0.450 e. The van der Waals surface area contributed by atoms with Crippen LogP contribution in [0.3, 0.4) is 0 Å². The van der Waals surface area contributed by atoms with Crippen molar-refractivity contribution in [1.29, 1.82) is 0 Å². The van der Waals surface area contributed by atoms with E-state index >= 15 is 0 Å². The number of nitrogens with zero attached hydrogens (tertiary/aromatic N) is 13. The van der Waals surface area contributed by atoms with Crippen molar-refractivity contribution in [3.05, 3.63) is 150 Å². The Morgan fingerprint density at radius 2 is 0.648 bits per heavy atom. The number of esters is 8. The van der Waals surface area contributed by atoms with E-state index in [4.69, 9.17) is 10.2 Å². The number of H-pyrrole nitrogens is 3. The Kier molecular flexibility index (Phi) is 200. The molecule has 0 aliphatic heterocycles. The number of halogens is 6. The van der Waals surface area contributed by atoms with Crippen LogP contribution in [-0.2, 0) is 187 Å². The zero-order valence-corrected chi connectivity index (χ0v) is 87.4. The van der Waals surface area contributed by atoms with Crippen LogP contribution in [0.1, 0.15) is 171 Å². The number of ether oxygens (including phenoxy) is 8. The molecule has 36 nitrogen and oxygen atoms in total. The summed E-state index contributed by atoms with van der Waals surface area (Å²) in [5, 5.41) is 16.0. The smallest absolute Gasteiger partial charge is 0.0919 e. The predicted molar refractivity (Wildman–Crippen MR) is 516 cm³/mol. The van der Waals surface area contributed by atoms with Crippen LogP contribution < -0.4 is 9.97 Å². The number of imidazole rings is 8. The maximum Gasteiger partial charge on any atom is 0.0919 e. The minimum absolute atomic E-state index is 0. The second kappa shape index (κ2) is 137. The van der Waals surface area contributed by atoms with Gasteiger partial charge in [0.15, 0.2) is 11.3 Å². The molecule has 8 aromatic heterocycles. The molecule has 0 amide bonds. The van der Waals surface area contributed by atoms with Crippen molar-refractivity contribution in [2.24, 2.45) is 56.1 Å². The van der Waals surface area contributed by atoms with Crippen LogP contribution in [-0.4, -0.2) is 204 Å². The summed E-state index contributed by atoms with van der Waals surface area (Å²) >= 11 is 12.1. The summed E-state index contributed by atoms with van der Waals surface area (Å²) in [5.74, 6) is -5.72. The fraction of sp³-hybridized carbons (Fsp3) is 0.547. The number of aryl methyl sites for hydroxylation is 3. The number of rotatable bonds is 10. The second-order valence-electron chi connectivity index (χ2n) is 20.2. The maximum absolute atomic E-state index is 10.9. The molecule has 0 aromatic carbocycles. The van der Waals surface area contributed by atoms with Crippen LogP contribution >= 0.6 is 99.9 Å². The number of aromatic nitrogens is 16. The first-order valence-electron chi connectivity index (χ1n) is 31.2. The zero-order valence-electron chi connectivity index (χ0n) is 68.1. The molecule has 0 aliphatic rings. The summed E-state index contributed by atoms with van der Waals surface area (Å²) < 4.78 is 40.3. The Morgan fingerprint density at radius 3 is 0.705 bits per heavy atom. The van der Waals surface area contributed by atoms with E-state index in [1.165, 1.54) is 90.3 Å². The van der Waals surface area contributed by atoms with Crippen molar-refractivity contribution in [2.45, 2.75) is 170 Å². The third-order valence-electron chi connectivity index (χ3n) is 9.74. The largest absolute Gasteiger partial charge is 0.450 e. The summed E-state index contributed by atoms with van der Waals surface area (Å²) in [7, 11) is 16.9. The number of carboxylic acids is 2. The predicted octanol–water partition coefficient (Wildman–Crippen LogP) is 17.3. The summed E-state index contributed by atoms with van der Waals surface area (Å²) in [6.07, 6.45) is 41.9. The van der Waals surface area contributed by atoms with Crippen molar-refractivity contribution in [2.75, 3.05) is 56.9 Å². The molecule has 0 fully saturated rings. The number of carbonyl (C=O) groups excluding carboxylic acids is 8. The number of aliphatic carboxylic acids is 2. The Morgan fingerprint density at radius 1 is 0.426 bits per heavy atom. The van der Waals surface area contributed by atoms with E-state index in [0.717, 1.165) is 0 Å². The molecule has 8 rings (SSSR count). The molecule has 712 valence electrons. The van der Waals surface area contributed by atoms with E-state index in [0.29, 0.717) is 22.3 Å². The minimum atomic E-state index is -1.20. The number of carboxylic acid groups (broad SMARTS) is 2. The van der Waals surface area contributed by atoms with Gasteiger partial charge in [0, 0.05) is 184 Å². The molecule has 5 N–H and O–H groups in total. The van der Waals surface area contributed by atoms with Gasteiger partial charge in [0.1, 0.15) is 0 Å². The van der Waals surface area contributed by atoms with Gasteiger partial charge in [-0.3, -0.25) is 52.6 Å².